The van der Waals surface area contributed by atoms with Crippen LogP contribution in [0.2, 0.25) is 0 Å². The van der Waals surface area contributed by atoms with Gasteiger partial charge in [-0.05, 0) is 40.8 Å². The molecule has 2 aliphatic rings. The number of ether oxygens (including phenoxy) is 1. The number of carbonyl (C=O) groups is 1. The maximum absolute atomic E-state index is 12.7. The average molecular weight is 306 g/mol. The van der Waals surface area contributed by atoms with Crippen LogP contribution in [0.4, 0.5) is 0 Å². The van der Waals surface area contributed by atoms with Crippen molar-refractivity contribution in [2.75, 3.05) is 20.6 Å². The van der Waals surface area contributed by atoms with E-state index in [9.17, 15) is 4.79 Å². The van der Waals surface area contributed by atoms with Crippen molar-refractivity contribution in [1.29, 1.82) is 0 Å². The number of fused-ring (bicyclic) bond motifs is 1. The summed E-state index contributed by atoms with van der Waals surface area (Å²) in [6.07, 6.45) is 3.42. The zero-order valence-electron chi connectivity index (χ0n) is 14.0. The van der Waals surface area contributed by atoms with E-state index in [1.807, 2.05) is 29.9 Å². The normalized spacial score (nSPS) is 23.9. The number of hydrogen-bond acceptors (Lipinski definition) is 4. The minimum Gasteiger partial charge on any atom is -0.363 e. The summed E-state index contributed by atoms with van der Waals surface area (Å²) in [5, 5.41) is 4.44. The van der Waals surface area contributed by atoms with E-state index < -0.39 is 0 Å². The maximum atomic E-state index is 12.7. The van der Waals surface area contributed by atoms with Crippen molar-refractivity contribution in [1.82, 2.24) is 19.6 Å². The van der Waals surface area contributed by atoms with Crippen molar-refractivity contribution in [3.05, 3.63) is 17.5 Å². The molecule has 1 unspecified atom stereocenters. The third-order valence-electron chi connectivity index (χ3n) is 4.50. The topological polar surface area (TPSA) is 50.6 Å². The molecule has 6 nitrogen and oxygen atoms in total. The van der Waals surface area contributed by atoms with Gasteiger partial charge >= 0.3 is 0 Å². The highest BCUT2D eigenvalue weighted by atomic mass is 16.5. The van der Waals surface area contributed by atoms with Crippen LogP contribution in [0, 0.1) is 0 Å². The van der Waals surface area contributed by atoms with Gasteiger partial charge in [-0.25, -0.2) is 0 Å². The van der Waals surface area contributed by atoms with Gasteiger partial charge < -0.3 is 14.5 Å². The van der Waals surface area contributed by atoms with E-state index in [-0.39, 0.29) is 17.6 Å². The SMILES string of the molecule is CN(C)Cc1cnn2c1CN(C(=O)C1CCC(C)(C)O1)CC2. The Kier molecular flexibility index (Phi) is 3.99. The van der Waals surface area contributed by atoms with E-state index in [0.29, 0.717) is 6.54 Å². The van der Waals surface area contributed by atoms with E-state index in [1.165, 1.54) is 5.56 Å². The van der Waals surface area contributed by atoms with Crippen LogP contribution >= 0.6 is 0 Å². The molecule has 1 fully saturated rings. The largest absolute Gasteiger partial charge is 0.363 e. The molecule has 0 bridgehead atoms. The number of amides is 1. The lowest BCUT2D eigenvalue weighted by molar-refractivity contribution is -0.147. The van der Waals surface area contributed by atoms with Crippen molar-refractivity contribution in [3.8, 4) is 0 Å². The van der Waals surface area contributed by atoms with Crippen molar-refractivity contribution < 1.29 is 9.53 Å². The molecule has 1 atom stereocenters. The maximum Gasteiger partial charge on any atom is 0.252 e. The summed E-state index contributed by atoms with van der Waals surface area (Å²) in [5.74, 6) is 0.133. The van der Waals surface area contributed by atoms with Crippen LogP contribution in [0.3, 0.4) is 0 Å². The number of rotatable bonds is 3. The highest BCUT2D eigenvalue weighted by Gasteiger charge is 2.38. The van der Waals surface area contributed by atoms with Crippen LogP contribution in [0.5, 0.6) is 0 Å². The van der Waals surface area contributed by atoms with Gasteiger partial charge in [-0.2, -0.15) is 5.10 Å². The van der Waals surface area contributed by atoms with Gasteiger partial charge in [0.1, 0.15) is 6.10 Å². The first-order chi connectivity index (χ1) is 10.4. The molecule has 1 saturated heterocycles. The lowest BCUT2D eigenvalue weighted by Crippen LogP contribution is -2.44. The second kappa shape index (κ2) is 5.66. The van der Waals surface area contributed by atoms with Crippen molar-refractivity contribution in [2.45, 2.75) is 58.0 Å². The first kappa shape index (κ1) is 15.5. The van der Waals surface area contributed by atoms with Crippen LogP contribution in [0.15, 0.2) is 6.20 Å². The Morgan fingerprint density at radius 3 is 2.86 bits per heavy atom. The molecule has 1 aromatic heterocycles. The fraction of sp³-hybridized carbons (Fsp3) is 0.750. The molecule has 0 aromatic carbocycles. The molecule has 0 radical (unpaired) electrons. The molecule has 2 aliphatic heterocycles. The van der Waals surface area contributed by atoms with Gasteiger partial charge in [0.15, 0.2) is 0 Å². The van der Waals surface area contributed by atoms with Crippen LogP contribution in [0.25, 0.3) is 0 Å². The quantitative estimate of drug-likeness (QED) is 0.843. The predicted molar refractivity (Wildman–Crippen MR) is 83.2 cm³/mol. The molecule has 0 spiro atoms. The highest BCUT2D eigenvalue weighted by Crippen LogP contribution is 2.31. The summed E-state index contributed by atoms with van der Waals surface area (Å²) in [6, 6.07) is 0. The molecule has 1 amide bonds. The minimum absolute atomic E-state index is 0.133. The molecule has 1 aromatic rings. The smallest absolute Gasteiger partial charge is 0.252 e. The van der Waals surface area contributed by atoms with Crippen LogP contribution < -0.4 is 0 Å². The Morgan fingerprint density at radius 2 is 2.23 bits per heavy atom. The number of hydrogen-bond donors (Lipinski definition) is 0. The summed E-state index contributed by atoms with van der Waals surface area (Å²) in [6.45, 7) is 7.09. The molecule has 3 heterocycles. The van der Waals surface area contributed by atoms with Gasteiger partial charge in [-0.3, -0.25) is 9.48 Å². The molecular weight excluding hydrogens is 280 g/mol. The van der Waals surface area contributed by atoms with Crippen molar-refractivity contribution >= 4 is 5.91 Å². The third-order valence-corrected chi connectivity index (χ3v) is 4.50. The Morgan fingerprint density at radius 1 is 1.45 bits per heavy atom. The summed E-state index contributed by atoms with van der Waals surface area (Å²) in [4.78, 5) is 16.8. The van der Waals surface area contributed by atoms with E-state index >= 15 is 0 Å². The van der Waals surface area contributed by atoms with Crippen molar-refractivity contribution in [3.63, 3.8) is 0 Å². The standard InChI is InChI=1S/C16H26N4O2/c1-16(2)6-5-14(22-16)15(21)19-7-8-20-13(11-19)12(9-17-20)10-18(3)4/h9,14H,5-8,10-11H2,1-4H3. The van der Waals surface area contributed by atoms with E-state index in [4.69, 9.17) is 4.74 Å². The van der Waals surface area contributed by atoms with Gasteiger partial charge in [-0.15, -0.1) is 0 Å². The van der Waals surface area contributed by atoms with Gasteiger partial charge in [0, 0.05) is 18.7 Å². The minimum atomic E-state index is -0.276. The molecule has 0 saturated carbocycles. The molecule has 122 valence electrons. The van der Waals surface area contributed by atoms with Crippen molar-refractivity contribution in [2.24, 2.45) is 0 Å². The summed E-state index contributed by atoms with van der Waals surface area (Å²) in [5.41, 5.74) is 2.19. The van der Waals surface area contributed by atoms with Gasteiger partial charge in [-0.1, -0.05) is 0 Å². The molecule has 6 heteroatoms. The second-order valence-corrected chi connectivity index (χ2v) is 7.24. The van der Waals surface area contributed by atoms with Gasteiger partial charge in [0.25, 0.3) is 5.91 Å². The number of nitrogens with zero attached hydrogens (tertiary/aromatic N) is 4. The summed E-state index contributed by atoms with van der Waals surface area (Å²) >= 11 is 0. The summed E-state index contributed by atoms with van der Waals surface area (Å²) < 4.78 is 7.94. The Hall–Kier alpha value is -1.40. The van der Waals surface area contributed by atoms with Crippen LogP contribution in [0.1, 0.15) is 37.9 Å². The fourth-order valence-electron chi connectivity index (χ4n) is 3.32. The van der Waals surface area contributed by atoms with E-state index in [2.05, 4.69) is 23.8 Å². The number of aromatic nitrogens is 2. The monoisotopic (exact) mass is 306 g/mol. The fourth-order valence-corrected chi connectivity index (χ4v) is 3.32. The highest BCUT2D eigenvalue weighted by molar-refractivity contribution is 5.81. The Labute approximate surface area is 132 Å². The number of carbonyl (C=O) groups excluding carboxylic acids is 1. The zero-order valence-corrected chi connectivity index (χ0v) is 14.0. The molecule has 0 N–H and O–H groups in total. The molecule has 22 heavy (non-hydrogen) atoms. The predicted octanol–water partition coefficient (Wildman–Crippen LogP) is 1.24. The Balaban J connectivity index is 1.71. The second-order valence-electron chi connectivity index (χ2n) is 7.24. The zero-order chi connectivity index (χ0) is 15.9. The Bertz CT molecular complexity index is 564. The van der Waals surface area contributed by atoms with E-state index in [0.717, 1.165) is 38.2 Å². The third kappa shape index (κ3) is 3.03. The summed E-state index contributed by atoms with van der Waals surface area (Å²) in [7, 11) is 4.09. The van der Waals surface area contributed by atoms with Gasteiger partial charge in [0.2, 0.25) is 0 Å². The van der Waals surface area contributed by atoms with Gasteiger partial charge in [0.05, 0.1) is 30.6 Å². The lowest BCUT2D eigenvalue weighted by atomic mass is 10.1. The van der Waals surface area contributed by atoms with E-state index in [1.54, 1.807) is 0 Å². The molecule has 0 aliphatic carbocycles. The first-order valence-electron chi connectivity index (χ1n) is 8.00. The molecule has 3 rings (SSSR count). The molecular formula is C16H26N4O2. The average Bonchev–Trinajstić information content (AvgIpc) is 3.01. The van der Waals surface area contributed by atoms with Crippen LogP contribution in [-0.2, 0) is 29.2 Å². The first-order valence-corrected chi connectivity index (χ1v) is 8.00. The lowest BCUT2D eigenvalue weighted by Gasteiger charge is -2.31. The van der Waals surface area contributed by atoms with Crippen LogP contribution in [-0.4, -0.2) is 57.8 Å².